The molecule has 1 aliphatic rings. The molecule has 1 nitrogen and oxygen atoms in total. The van der Waals surface area contributed by atoms with Gasteiger partial charge in [0, 0.05) is 5.54 Å². The van der Waals surface area contributed by atoms with Crippen molar-refractivity contribution in [3.8, 4) is 0 Å². The van der Waals surface area contributed by atoms with Crippen LogP contribution in [0.3, 0.4) is 0 Å². The van der Waals surface area contributed by atoms with Crippen LogP contribution in [-0.4, -0.2) is 23.5 Å². The normalized spacial score (nSPS) is 20.2. The molecule has 0 amide bonds. The summed E-state index contributed by atoms with van der Waals surface area (Å²) in [5.41, 5.74) is 0.583. The minimum absolute atomic E-state index is 0.583. The van der Waals surface area contributed by atoms with E-state index in [0.29, 0.717) is 5.54 Å². The fraction of sp³-hybridized carbons (Fsp3) is 1.00. The summed E-state index contributed by atoms with van der Waals surface area (Å²) in [6, 6.07) is 0. The number of rotatable bonds is 9. The largest absolute Gasteiger partial charge is 0.298 e. The maximum absolute atomic E-state index is 2.88. The average molecular weight is 253 g/mol. The van der Waals surface area contributed by atoms with E-state index in [4.69, 9.17) is 0 Å². The van der Waals surface area contributed by atoms with E-state index in [1.807, 2.05) is 0 Å². The Morgan fingerprint density at radius 2 is 1.44 bits per heavy atom. The molecule has 108 valence electrons. The van der Waals surface area contributed by atoms with E-state index in [-0.39, 0.29) is 0 Å². The summed E-state index contributed by atoms with van der Waals surface area (Å²) < 4.78 is 0. The monoisotopic (exact) mass is 253 g/mol. The van der Waals surface area contributed by atoms with Crippen molar-refractivity contribution in [2.24, 2.45) is 0 Å². The lowest BCUT2D eigenvalue weighted by Crippen LogP contribution is -2.52. The smallest absolute Gasteiger partial charge is 0.0209 e. The van der Waals surface area contributed by atoms with Gasteiger partial charge in [-0.25, -0.2) is 0 Å². The van der Waals surface area contributed by atoms with Crippen molar-refractivity contribution in [2.75, 3.05) is 13.1 Å². The van der Waals surface area contributed by atoms with Gasteiger partial charge in [-0.2, -0.15) is 0 Å². The molecule has 1 rings (SSSR count). The van der Waals surface area contributed by atoms with E-state index in [1.165, 1.54) is 83.7 Å². The lowest BCUT2D eigenvalue weighted by atomic mass is 9.78. The SMILES string of the molecule is CCCCN1CCCCC1(CCCC)CCCC. The maximum Gasteiger partial charge on any atom is 0.0209 e. The molecule has 0 bridgehead atoms. The number of piperidine rings is 1. The van der Waals surface area contributed by atoms with Crippen LogP contribution in [0.5, 0.6) is 0 Å². The molecule has 1 heterocycles. The highest BCUT2D eigenvalue weighted by molar-refractivity contribution is 4.93. The molecule has 1 aliphatic heterocycles. The number of nitrogens with zero attached hydrogens (tertiary/aromatic N) is 1. The van der Waals surface area contributed by atoms with Gasteiger partial charge in [0.05, 0.1) is 0 Å². The number of hydrogen-bond donors (Lipinski definition) is 0. The topological polar surface area (TPSA) is 3.24 Å². The van der Waals surface area contributed by atoms with Crippen molar-refractivity contribution in [3.63, 3.8) is 0 Å². The van der Waals surface area contributed by atoms with Gasteiger partial charge in [0.15, 0.2) is 0 Å². The van der Waals surface area contributed by atoms with Crippen molar-refractivity contribution in [2.45, 2.75) is 96.9 Å². The molecule has 1 heteroatoms. The Morgan fingerprint density at radius 3 is 2.00 bits per heavy atom. The van der Waals surface area contributed by atoms with Crippen molar-refractivity contribution in [1.82, 2.24) is 4.90 Å². The second kappa shape index (κ2) is 8.96. The number of likely N-dealkylation sites (tertiary alicyclic amines) is 1. The van der Waals surface area contributed by atoms with Gasteiger partial charge < -0.3 is 0 Å². The van der Waals surface area contributed by atoms with E-state index in [0.717, 1.165) is 0 Å². The molecule has 0 atom stereocenters. The van der Waals surface area contributed by atoms with E-state index >= 15 is 0 Å². The predicted molar refractivity (Wildman–Crippen MR) is 82.1 cm³/mol. The van der Waals surface area contributed by atoms with E-state index in [1.54, 1.807) is 0 Å². The summed E-state index contributed by atoms with van der Waals surface area (Å²) in [6.07, 6.45) is 15.6. The van der Waals surface area contributed by atoms with Gasteiger partial charge in [0.2, 0.25) is 0 Å². The highest BCUT2D eigenvalue weighted by Gasteiger charge is 2.36. The fourth-order valence-corrected chi connectivity index (χ4v) is 3.55. The van der Waals surface area contributed by atoms with Gasteiger partial charge in [-0.05, 0) is 45.2 Å². The zero-order valence-corrected chi connectivity index (χ0v) is 13.1. The van der Waals surface area contributed by atoms with Crippen molar-refractivity contribution in [1.29, 1.82) is 0 Å². The first-order valence-corrected chi connectivity index (χ1v) is 8.54. The van der Waals surface area contributed by atoms with Crippen LogP contribution in [0.1, 0.15) is 91.4 Å². The molecule has 0 spiro atoms. The van der Waals surface area contributed by atoms with Crippen LogP contribution in [-0.2, 0) is 0 Å². The average Bonchev–Trinajstić information content (AvgIpc) is 2.42. The maximum atomic E-state index is 2.88. The molecule has 0 aliphatic carbocycles. The second-order valence-electron chi connectivity index (χ2n) is 6.23. The molecule has 0 radical (unpaired) electrons. The van der Waals surface area contributed by atoms with Crippen LogP contribution < -0.4 is 0 Å². The molecule has 0 unspecified atom stereocenters. The first-order chi connectivity index (χ1) is 8.79. The molecule has 0 aromatic carbocycles. The van der Waals surface area contributed by atoms with Crippen LogP contribution in [0.15, 0.2) is 0 Å². The molecule has 0 aromatic heterocycles. The van der Waals surface area contributed by atoms with E-state index in [9.17, 15) is 0 Å². The quantitative estimate of drug-likeness (QED) is 0.532. The zero-order valence-electron chi connectivity index (χ0n) is 13.1. The third-order valence-corrected chi connectivity index (χ3v) is 4.76. The molecular weight excluding hydrogens is 218 g/mol. The summed E-state index contributed by atoms with van der Waals surface area (Å²) in [4.78, 5) is 2.88. The van der Waals surface area contributed by atoms with Crippen LogP contribution in [0.4, 0.5) is 0 Å². The second-order valence-corrected chi connectivity index (χ2v) is 6.23. The summed E-state index contributed by atoms with van der Waals surface area (Å²) in [7, 11) is 0. The Balaban J connectivity index is 2.65. The first kappa shape index (κ1) is 16.0. The standard InChI is InChI=1S/C17H35N/c1-4-7-12-17(13-8-5-2)14-10-11-16-18(17)15-9-6-3/h4-16H2,1-3H3. The number of unbranched alkanes of at least 4 members (excludes halogenated alkanes) is 3. The summed E-state index contributed by atoms with van der Waals surface area (Å²) >= 11 is 0. The Kier molecular flexibility index (Phi) is 7.97. The van der Waals surface area contributed by atoms with E-state index < -0.39 is 0 Å². The predicted octanol–water partition coefficient (Wildman–Crippen LogP) is 5.39. The zero-order chi connectivity index (χ0) is 13.3. The first-order valence-electron chi connectivity index (χ1n) is 8.54. The summed E-state index contributed by atoms with van der Waals surface area (Å²) in [6.45, 7) is 9.72. The van der Waals surface area contributed by atoms with Crippen LogP contribution in [0.25, 0.3) is 0 Å². The lowest BCUT2D eigenvalue weighted by Gasteiger charge is -2.48. The number of hydrogen-bond acceptors (Lipinski definition) is 1. The van der Waals surface area contributed by atoms with Gasteiger partial charge in [-0.1, -0.05) is 59.3 Å². The van der Waals surface area contributed by atoms with Crippen LogP contribution >= 0.6 is 0 Å². The van der Waals surface area contributed by atoms with E-state index in [2.05, 4.69) is 25.7 Å². The Labute approximate surface area is 115 Å². The summed E-state index contributed by atoms with van der Waals surface area (Å²) in [5.74, 6) is 0. The molecule has 18 heavy (non-hydrogen) atoms. The Morgan fingerprint density at radius 1 is 0.833 bits per heavy atom. The summed E-state index contributed by atoms with van der Waals surface area (Å²) in [5, 5.41) is 0. The Bertz CT molecular complexity index is 192. The van der Waals surface area contributed by atoms with Crippen LogP contribution in [0.2, 0.25) is 0 Å². The van der Waals surface area contributed by atoms with Gasteiger partial charge in [-0.15, -0.1) is 0 Å². The molecule has 0 aromatic rings. The van der Waals surface area contributed by atoms with Crippen LogP contribution in [0, 0.1) is 0 Å². The molecule has 1 saturated heterocycles. The molecule has 0 saturated carbocycles. The lowest BCUT2D eigenvalue weighted by molar-refractivity contribution is 0.0263. The molecular formula is C17H35N. The minimum Gasteiger partial charge on any atom is -0.298 e. The fourth-order valence-electron chi connectivity index (χ4n) is 3.55. The highest BCUT2D eigenvalue weighted by Crippen LogP contribution is 2.37. The van der Waals surface area contributed by atoms with Gasteiger partial charge in [0.25, 0.3) is 0 Å². The highest BCUT2D eigenvalue weighted by atomic mass is 15.2. The molecule has 1 fully saturated rings. The third-order valence-electron chi connectivity index (χ3n) is 4.76. The molecule has 0 N–H and O–H groups in total. The third kappa shape index (κ3) is 4.57. The van der Waals surface area contributed by atoms with Gasteiger partial charge >= 0.3 is 0 Å². The van der Waals surface area contributed by atoms with Crippen molar-refractivity contribution >= 4 is 0 Å². The van der Waals surface area contributed by atoms with Crippen molar-refractivity contribution < 1.29 is 0 Å². The van der Waals surface area contributed by atoms with Gasteiger partial charge in [0.1, 0.15) is 0 Å². The minimum atomic E-state index is 0.583. The van der Waals surface area contributed by atoms with Gasteiger partial charge in [-0.3, -0.25) is 4.90 Å². The van der Waals surface area contributed by atoms with Crippen molar-refractivity contribution in [3.05, 3.63) is 0 Å². The Hall–Kier alpha value is -0.0400.